The summed E-state index contributed by atoms with van der Waals surface area (Å²) >= 11 is 1.56. The first-order valence-corrected chi connectivity index (χ1v) is 11.6. The number of thioether (sulfide) groups is 1. The van der Waals surface area contributed by atoms with Crippen LogP contribution in [0, 0.1) is 6.92 Å². The Hall–Kier alpha value is -3.39. The fourth-order valence-corrected chi connectivity index (χ4v) is 4.64. The molecule has 7 nitrogen and oxygen atoms in total. The van der Waals surface area contributed by atoms with Gasteiger partial charge in [-0.3, -0.25) is 4.57 Å². The summed E-state index contributed by atoms with van der Waals surface area (Å²) in [5.74, 6) is 2.14. The number of rotatable bonds is 7. The summed E-state index contributed by atoms with van der Waals surface area (Å²) in [6.45, 7) is 6.24. The molecule has 0 amide bonds. The Bertz CT molecular complexity index is 1370. The SMILES string of the molecule is CCCc1noc(C(C)Sc2nnc(-c3c[nH]c4ccccc34)n2-c2cccc(C)c2)n1. The molecule has 0 aliphatic heterocycles. The van der Waals surface area contributed by atoms with Crippen molar-refractivity contribution in [1.82, 2.24) is 29.9 Å². The van der Waals surface area contributed by atoms with E-state index in [9.17, 15) is 0 Å². The summed E-state index contributed by atoms with van der Waals surface area (Å²) in [4.78, 5) is 7.90. The Morgan fingerprint density at radius 2 is 2.00 bits per heavy atom. The third kappa shape index (κ3) is 3.82. The van der Waals surface area contributed by atoms with Gasteiger partial charge in [-0.05, 0) is 44.0 Å². The summed E-state index contributed by atoms with van der Waals surface area (Å²) in [7, 11) is 0. The highest BCUT2D eigenvalue weighted by molar-refractivity contribution is 7.99. The monoisotopic (exact) mass is 444 g/mol. The molecule has 32 heavy (non-hydrogen) atoms. The fraction of sp³-hybridized carbons (Fsp3) is 0.250. The largest absolute Gasteiger partial charge is 0.360 e. The van der Waals surface area contributed by atoms with Gasteiger partial charge in [0, 0.05) is 34.8 Å². The van der Waals surface area contributed by atoms with Crippen LogP contribution in [0.15, 0.2) is 64.4 Å². The second kappa shape index (κ2) is 8.63. The topological polar surface area (TPSA) is 85.4 Å². The van der Waals surface area contributed by atoms with E-state index in [-0.39, 0.29) is 5.25 Å². The molecule has 3 aromatic heterocycles. The fourth-order valence-electron chi connectivity index (χ4n) is 3.74. The van der Waals surface area contributed by atoms with E-state index in [0.717, 1.165) is 51.8 Å². The third-order valence-electron chi connectivity index (χ3n) is 5.31. The number of fused-ring (bicyclic) bond motifs is 1. The third-order valence-corrected chi connectivity index (χ3v) is 6.34. The van der Waals surface area contributed by atoms with E-state index in [1.807, 2.05) is 18.3 Å². The Balaban J connectivity index is 1.58. The Labute approximate surface area is 190 Å². The lowest BCUT2D eigenvalue weighted by atomic mass is 10.1. The van der Waals surface area contributed by atoms with Crippen LogP contribution >= 0.6 is 11.8 Å². The maximum atomic E-state index is 5.51. The van der Waals surface area contributed by atoms with Crippen molar-refractivity contribution in [3.05, 3.63) is 72.0 Å². The van der Waals surface area contributed by atoms with Crippen LogP contribution in [0.2, 0.25) is 0 Å². The van der Waals surface area contributed by atoms with Gasteiger partial charge in [-0.15, -0.1) is 10.2 Å². The van der Waals surface area contributed by atoms with Crippen molar-refractivity contribution >= 4 is 22.7 Å². The molecule has 162 valence electrons. The van der Waals surface area contributed by atoms with Gasteiger partial charge in [0.2, 0.25) is 5.89 Å². The number of hydrogen-bond acceptors (Lipinski definition) is 6. The van der Waals surface area contributed by atoms with Gasteiger partial charge in [0.25, 0.3) is 0 Å². The number of aromatic nitrogens is 6. The number of nitrogens with one attached hydrogen (secondary N) is 1. The van der Waals surface area contributed by atoms with E-state index in [1.165, 1.54) is 5.56 Å². The van der Waals surface area contributed by atoms with Crippen LogP contribution in [-0.2, 0) is 6.42 Å². The molecule has 0 bridgehead atoms. The predicted octanol–water partition coefficient (Wildman–Crippen LogP) is 5.91. The number of aryl methyl sites for hydroxylation is 2. The van der Waals surface area contributed by atoms with Gasteiger partial charge in [0.05, 0.1) is 5.25 Å². The predicted molar refractivity (Wildman–Crippen MR) is 126 cm³/mol. The molecule has 0 fully saturated rings. The summed E-state index contributed by atoms with van der Waals surface area (Å²) < 4.78 is 7.61. The molecule has 1 unspecified atom stereocenters. The minimum atomic E-state index is -0.0586. The van der Waals surface area contributed by atoms with Crippen LogP contribution in [-0.4, -0.2) is 29.9 Å². The van der Waals surface area contributed by atoms with Crippen LogP contribution in [0.3, 0.4) is 0 Å². The lowest BCUT2D eigenvalue weighted by molar-refractivity contribution is 0.374. The van der Waals surface area contributed by atoms with Crippen LogP contribution < -0.4 is 0 Å². The first kappa shape index (κ1) is 20.5. The zero-order valence-electron chi connectivity index (χ0n) is 18.2. The minimum Gasteiger partial charge on any atom is -0.360 e. The molecule has 0 aliphatic rings. The van der Waals surface area contributed by atoms with Crippen molar-refractivity contribution in [1.29, 1.82) is 0 Å². The Morgan fingerprint density at radius 3 is 2.84 bits per heavy atom. The van der Waals surface area contributed by atoms with Gasteiger partial charge in [0.15, 0.2) is 16.8 Å². The van der Waals surface area contributed by atoms with Gasteiger partial charge in [-0.1, -0.05) is 54.2 Å². The van der Waals surface area contributed by atoms with Crippen molar-refractivity contribution in [3.8, 4) is 17.1 Å². The molecule has 2 aromatic carbocycles. The molecule has 0 saturated heterocycles. The highest BCUT2D eigenvalue weighted by Gasteiger charge is 2.23. The summed E-state index contributed by atoms with van der Waals surface area (Å²) in [5, 5.41) is 15.1. The molecular formula is C24H24N6OS. The normalized spacial score (nSPS) is 12.5. The summed E-state index contributed by atoms with van der Waals surface area (Å²) in [6.07, 6.45) is 3.79. The van der Waals surface area contributed by atoms with Gasteiger partial charge >= 0.3 is 0 Å². The highest BCUT2D eigenvalue weighted by atomic mass is 32.2. The molecule has 1 N–H and O–H groups in total. The van der Waals surface area contributed by atoms with Crippen LogP contribution in [0.5, 0.6) is 0 Å². The second-order valence-electron chi connectivity index (χ2n) is 7.79. The second-order valence-corrected chi connectivity index (χ2v) is 9.10. The number of benzene rings is 2. The molecule has 5 aromatic rings. The molecule has 1 atom stereocenters. The molecule has 0 saturated carbocycles. The molecule has 0 spiro atoms. The summed E-state index contributed by atoms with van der Waals surface area (Å²) in [5.41, 5.74) is 4.27. The van der Waals surface area contributed by atoms with Gasteiger partial charge in [0.1, 0.15) is 0 Å². The number of H-pyrrole nitrogens is 1. The molecule has 5 rings (SSSR count). The number of aromatic amines is 1. The van der Waals surface area contributed by atoms with E-state index >= 15 is 0 Å². The van der Waals surface area contributed by atoms with Crippen LogP contribution in [0.4, 0.5) is 0 Å². The minimum absolute atomic E-state index is 0.0586. The molecular weight excluding hydrogens is 420 g/mol. The average Bonchev–Trinajstić information content (AvgIpc) is 3.52. The van der Waals surface area contributed by atoms with Crippen LogP contribution in [0.25, 0.3) is 28.0 Å². The van der Waals surface area contributed by atoms with Crippen molar-refractivity contribution < 1.29 is 4.52 Å². The zero-order valence-corrected chi connectivity index (χ0v) is 19.1. The zero-order chi connectivity index (χ0) is 22.1. The molecule has 3 heterocycles. The van der Waals surface area contributed by atoms with Crippen molar-refractivity contribution in [2.45, 2.75) is 44.0 Å². The number of hydrogen-bond donors (Lipinski definition) is 1. The first-order chi connectivity index (χ1) is 15.6. The molecule has 0 radical (unpaired) electrons. The first-order valence-electron chi connectivity index (χ1n) is 10.7. The maximum Gasteiger partial charge on any atom is 0.239 e. The van der Waals surface area contributed by atoms with E-state index in [4.69, 9.17) is 4.52 Å². The van der Waals surface area contributed by atoms with E-state index in [1.54, 1.807) is 11.8 Å². The van der Waals surface area contributed by atoms with E-state index < -0.39 is 0 Å². The number of para-hydroxylation sites is 1. The lowest BCUT2D eigenvalue weighted by Gasteiger charge is -2.12. The van der Waals surface area contributed by atoms with Crippen molar-refractivity contribution in [2.75, 3.05) is 0 Å². The summed E-state index contributed by atoms with van der Waals surface area (Å²) in [6, 6.07) is 16.6. The average molecular weight is 445 g/mol. The number of nitrogens with zero attached hydrogens (tertiary/aromatic N) is 5. The van der Waals surface area contributed by atoms with Gasteiger partial charge in [-0.2, -0.15) is 4.98 Å². The lowest BCUT2D eigenvalue weighted by Crippen LogP contribution is -2.01. The maximum absolute atomic E-state index is 5.51. The van der Waals surface area contributed by atoms with E-state index in [2.05, 4.69) is 87.1 Å². The van der Waals surface area contributed by atoms with Gasteiger partial charge < -0.3 is 9.51 Å². The smallest absolute Gasteiger partial charge is 0.239 e. The molecule has 8 heteroatoms. The Morgan fingerprint density at radius 1 is 1.12 bits per heavy atom. The Kier molecular flexibility index (Phi) is 5.53. The highest BCUT2D eigenvalue weighted by Crippen LogP contribution is 2.38. The van der Waals surface area contributed by atoms with Gasteiger partial charge in [-0.25, -0.2) is 0 Å². The van der Waals surface area contributed by atoms with Crippen LogP contribution in [0.1, 0.15) is 42.8 Å². The van der Waals surface area contributed by atoms with Crippen molar-refractivity contribution in [2.24, 2.45) is 0 Å². The van der Waals surface area contributed by atoms with Crippen molar-refractivity contribution in [3.63, 3.8) is 0 Å². The molecule has 0 aliphatic carbocycles. The quantitative estimate of drug-likeness (QED) is 0.314. The van der Waals surface area contributed by atoms with E-state index in [0.29, 0.717) is 5.89 Å². The standard InChI is InChI=1S/C24H24N6OS/c1-4-8-21-26-23(31-29-21)16(3)32-24-28-27-22(30(24)17-10-7-9-15(2)13-17)19-14-25-20-12-6-5-11-18(19)20/h5-7,9-14,16,25H,4,8H2,1-3H3.